The Kier molecular flexibility index (Phi) is 11.7. The van der Waals surface area contributed by atoms with Gasteiger partial charge in [0, 0.05) is 33.2 Å². The number of aromatic nitrogens is 4. The second-order valence-corrected chi connectivity index (χ2v) is 15.0. The van der Waals surface area contributed by atoms with Gasteiger partial charge in [0.25, 0.3) is 0 Å². The van der Waals surface area contributed by atoms with Crippen LogP contribution in [0.1, 0.15) is 22.8 Å². The average molecular weight is 738 g/mol. The molecule has 2 N–H and O–H groups in total. The minimum Gasteiger partial charge on any atom is -1.00 e. The van der Waals surface area contributed by atoms with E-state index in [9.17, 15) is 0 Å². The monoisotopic (exact) mass is 736 g/mol. The fourth-order valence-corrected chi connectivity index (χ4v) is 5.99. The molecule has 0 spiro atoms. The zero-order valence-corrected chi connectivity index (χ0v) is 32.1. The molecule has 10 heteroatoms. The number of halogens is 2. The molecule has 5 heterocycles. The van der Waals surface area contributed by atoms with Gasteiger partial charge in [0.15, 0.2) is 0 Å². The molecule has 2 aliphatic heterocycles. The summed E-state index contributed by atoms with van der Waals surface area (Å²) in [4.78, 5) is 17.5. The smallest absolute Gasteiger partial charge is 0.137 e. The highest BCUT2D eigenvalue weighted by molar-refractivity contribution is 5.93. The molecule has 0 aliphatic carbocycles. The van der Waals surface area contributed by atoms with E-state index in [1.165, 1.54) is 0 Å². The Morgan fingerprint density at radius 3 is 1.25 bits per heavy atom. The predicted molar refractivity (Wildman–Crippen MR) is 207 cm³/mol. The number of benzene rings is 2. The SMILES string of the molecule is C[N+](C)(C)CCOc1ccc(-c2c3nc(cc4ccc([nH]4)c(-c4ccc(OCC[N+](C)(C)C)cc4)c4nc(cc5ccc2[nH]5)C=C4)C=C3)cc1.[Cl-].[Cl-]. The third-order valence-corrected chi connectivity index (χ3v) is 8.75. The summed E-state index contributed by atoms with van der Waals surface area (Å²) in [6, 6.07) is 29.2. The molecule has 2 aliphatic rings. The standard InChI is InChI=1S/C42H46N6O2.2ClH/c1-47(2,3)23-25-49-35-15-7-29(8-16-35)41-37-19-11-31(43-37)27-33-13-21-39(45-33)42(30-9-17-36(18-10-30)50-26-24-48(4,5)6)40-22-14-34(46-40)28-32-12-20-38(41)44-32;;/h7-22,27-28,43,46H,23-26H2,1-6H3;2*1H/q+2;;/p-2. The van der Waals surface area contributed by atoms with Gasteiger partial charge >= 0.3 is 0 Å². The van der Waals surface area contributed by atoms with Crippen molar-refractivity contribution in [2.45, 2.75) is 0 Å². The van der Waals surface area contributed by atoms with Crippen LogP contribution in [-0.4, -0.2) is 97.5 Å². The summed E-state index contributed by atoms with van der Waals surface area (Å²) in [5.41, 5.74) is 11.6. The van der Waals surface area contributed by atoms with Crippen molar-refractivity contribution in [3.05, 3.63) is 108 Å². The number of hydrogen-bond donors (Lipinski definition) is 2. The number of nitrogens with zero attached hydrogens (tertiary/aromatic N) is 4. The average Bonchev–Trinajstić information content (AvgIpc) is 3.88. The third-order valence-electron chi connectivity index (χ3n) is 8.75. The number of aromatic amines is 2. The molecule has 270 valence electrons. The molecule has 0 amide bonds. The summed E-state index contributed by atoms with van der Waals surface area (Å²) in [7, 11) is 13.0. The number of H-pyrrole nitrogens is 2. The first kappa shape index (κ1) is 38.4. The topological polar surface area (TPSA) is 75.8 Å². The Balaban J connectivity index is 0.00000261. The van der Waals surface area contributed by atoms with Crippen LogP contribution < -0.4 is 34.3 Å². The first-order valence-corrected chi connectivity index (χ1v) is 17.1. The van der Waals surface area contributed by atoms with Gasteiger partial charge in [0.1, 0.15) is 37.8 Å². The maximum Gasteiger partial charge on any atom is 0.137 e. The van der Waals surface area contributed by atoms with E-state index in [1.807, 2.05) is 24.3 Å². The summed E-state index contributed by atoms with van der Waals surface area (Å²) >= 11 is 0. The van der Waals surface area contributed by atoms with Crippen LogP contribution in [0, 0.1) is 0 Å². The minimum absolute atomic E-state index is 0. The molecule has 0 radical (unpaired) electrons. The zero-order valence-electron chi connectivity index (χ0n) is 30.6. The lowest BCUT2D eigenvalue weighted by Gasteiger charge is -2.23. The predicted octanol–water partition coefficient (Wildman–Crippen LogP) is 2.17. The van der Waals surface area contributed by atoms with Crippen molar-refractivity contribution < 1.29 is 43.3 Å². The molecular weight excluding hydrogens is 691 g/mol. The third kappa shape index (κ3) is 9.32. The highest BCUT2D eigenvalue weighted by atomic mass is 35.5. The molecule has 8 bridgehead atoms. The van der Waals surface area contributed by atoms with Gasteiger partial charge in [-0.25, -0.2) is 9.97 Å². The summed E-state index contributed by atoms with van der Waals surface area (Å²) in [5.74, 6) is 1.72. The van der Waals surface area contributed by atoms with Gasteiger partial charge in [0.05, 0.1) is 65.1 Å². The Labute approximate surface area is 318 Å². The molecule has 0 saturated carbocycles. The number of ether oxygens (including phenoxy) is 2. The fourth-order valence-electron chi connectivity index (χ4n) is 5.99. The second kappa shape index (κ2) is 15.8. The number of likely N-dealkylation sites (N-methyl/N-ethyl adjacent to an activating group) is 2. The van der Waals surface area contributed by atoms with Crippen LogP contribution >= 0.6 is 0 Å². The molecule has 0 fully saturated rings. The number of rotatable bonds is 10. The molecule has 3 aromatic heterocycles. The van der Waals surface area contributed by atoms with Gasteiger partial charge in [-0.2, -0.15) is 0 Å². The van der Waals surface area contributed by atoms with Crippen LogP contribution in [-0.2, 0) is 0 Å². The van der Waals surface area contributed by atoms with E-state index < -0.39 is 0 Å². The quantitative estimate of drug-likeness (QED) is 0.211. The van der Waals surface area contributed by atoms with Crippen LogP contribution in [0.5, 0.6) is 11.5 Å². The largest absolute Gasteiger partial charge is 1.00 e. The molecule has 8 nitrogen and oxygen atoms in total. The van der Waals surface area contributed by atoms with Gasteiger partial charge in [-0.3, -0.25) is 0 Å². The first-order chi connectivity index (χ1) is 24.0. The van der Waals surface area contributed by atoms with E-state index >= 15 is 0 Å². The summed E-state index contributed by atoms with van der Waals surface area (Å²) < 4.78 is 13.8. The Morgan fingerprint density at radius 1 is 0.500 bits per heavy atom. The van der Waals surface area contributed by atoms with Crippen LogP contribution in [0.25, 0.3) is 68.6 Å². The van der Waals surface area contributed by atoms with Gasteiger partial charge < -0.3 is 53.2 Å². The molecule has 0 unspecified atom stereocenters. The molecular formula is C42H46Cl2N6O2. The minimum atomic E-state index is 0. The van der Waals surface area contributed by atoms with E-state index in [2.05, 4.69) is 137 Å². The van der Waals surface area contributed by atoms with Crippen molar-refractivity contribution >= 4 is 46.4 Å². The first-order valence-electron chi connectivity index (χ1n) is 17.1. The number of nitrogens with one attached hydrogen (secondary N) is 2. The van der Waals surface area contributed by atoms with E-state index in [0.29, 0.717) is 13.2 Å². The van der Waals surface area contributed by atoms with Crippen LogP contribution in [0.2, 0.25) is 0 Å². The summed E-state index contributed by atoms with van der Waals surface area (Å²) in [6.45, 7) is 3.18. The van der Waals surface area contributed by atoms with Gasteiger partial charge in [-0.1, -0.05) is 24.3 Å². The number of hydrogen-bond acceptors (Lipinski definition) is 4. The number of fused-ring (bicyclic) bond motifs is 8. The van der Waals surface area contributed by atoms with Gasteiger partial charge in [-0.15, -0.1) is 0 Å². The molecule has 7 rings (SSSR count). The zero-order chi connectivity index (χ0) is 34.9. The van der Waals surface area contributed by atoms with E-state index in [-0.39, 0.29) is 24.8 Å². The molecule has 5 aromatic rings. The second-order valence-electron chi connectivity index (χ2n) is 15.0. The van der Waals surface area contributed by atoms with Crippen molar-refractivity contribution in [3.8, 4) is 33.8 Å². The van der Waals surface area contributed by atoms with E-state index in [1.54, 1.807) is 0 Å². The van der Waals surface area contributed by atoms with Gasteiger partial charge in [-0.05, 0) is 96.1 Å². The fraction of sp³-hybridized carbons (Fsp3) is 0.238. The van der Waals surface area contributed by atoms with E-state index in [4.69, 9.17) is 19.4 Å². The van der Waals surface area contributed by atoms with Crippen molar-refractivity contribution in [1.82, 2.24) is 19.9 Å². The lowest BCUT2D eigenvalue weighted by atomic mass is 10.0. The van der Waals surface area contributed by atoms with Crippen LogP contribution in [0.15, 0.2) is 84.9 Å². The summed E-state index contributed by atoms with van der Waals surface area (Å²) in [6.07, 6.45) is 8.31. The molecule has 0 atom stereocenters. The molecule has 52 heavy (non-hydrogen) atoms. The van der Waals surface area contributed by atoms with Crippen LogP contribution in [0.3, 0.4) is 0 Å². The highest BCUT2D eigenvalue weighted by Gasteiger charge is 2.15. The maximum absolute atomic E-state index is 6.06. The molecule has 2 aromatic carbocycles. The summed E-state index contributed by atoms with van der Waals surface area (Å²) in [5, 5.41) is 0. The van der Waals surface area contributed by atoms with Crippen molar-refractivity contribution in [2.24, 2.45) is 0 Å². The number of quaternary nitrogens is 2. The normalized spacial score (nSPS) is 12.3. The maximum atomic E-state index is 6.06. The highest BCUT2D eigenvalue weighted by Crippen LogP contribution is 2.33. The Morgan fingerprint density at radius 2 is 0.885 bits per heavy atom. The lowest BCUT2D eigenvalue weighted by Crippen LogP contribution is -3.00. The van der Waals surface area contributed by atoms with Crippen molar-refractivity contribution in [1.29, 1.82) is 0 Å². The van der Waals surface area contributed by atoms with Crippen LogP contribution in [0.4, 0.5) is 0 Å². The Hall–Kier alpha value is -4.86. The van der Waals surface area contributed by atoms with Gasteiger partial charge in [0.2, 0.25) is 0 Å². The Bertz CT molecular complexity index is 2080. The van der Waals surface area contributed by atoms with E-state index in [0.717, 1.165) is 101 Å². The van der Waals surface area contributed by atoms with Crippen molar-refractivity contribution in [3.63, 3.8) is 0 Å². The lowest BCUT2D eigenvalue weighted by molar-refractivity contribution is -0.870. The molecule has 0 saturated heterocycles. The van der Waals surface area contributed by atoms with Crippen molar-refractivity contribution in [2.75, 3.05) is 68.6 Å².